The fraction of sp³-hybridized carbons (Fsp3) is 0.462. The molecule has 4 heteroatoms. The minimum atomic E-state index is 0.0121. The van der Waals surface area contributed by atoms with Crippen molar-refractivity contribution >= 4 is 11.6 Å². The van der Waals surface area contributed by atoms with Crippen molar-refractivity contribution in [3.63, 3.8) is 0 Å². The maximum atomic E-state index is 11.8. The molecule has 0 atom stereocenters. The lowest BCUT2D eigenvalue weighted by Gasteiger charge is -2.20. The van der Waals surface area contributed by atoms with Crippen LogP contribution >= 0.6 is 0 Å². The molecule has 0 aliphatic carbocycles. The van der Waals surface area contributed by atoms with Crippen LogP contribution in [0.4, 0.5) is 5.69 Å². The minimum absolute atomic E-state index is 0.0121. The van der Waals surface area contributed by atoms with Crippen LogP contribution in [0.25, 0.3) is 0 Å². The third-order valence-corrected chi connectivity index (χ3v) is 2.41. The molecule has 0 fully saturated rings. The normalized spacial score (nSPS) is 10.5. The molecule has 0 aromatic heterocycles. The monoisotopic (exact) mass is 235 g/mol. The number of anilines is 1. The van der Waals surface area contributed by atoms with Crippen LogP contribution in [0.15, 0.2) is 30.3 Å². The van der Waals surface area contributed by atoms with Gasteiger partial charge >= 0.3 is 0 Å². The standard InChI is InChI=1S/C13H21N3O/c1-2-9-16(10-8-14)11-13(17)15-12-6-4-3-5-7-12/h3-7H,2,8-11,14H2,1H3,(H,15,17). The predicted octanol–water partition coefficient (Wildman–Crippen LogP) is 1.30. The van der Waals surface area contributed by atoms with E-state index in [2.05, 4.69) is 17.1 Å². The van der Waals surface area contributed by atoms with E-state index in [9.17, 15) is 4.79 Å². The second kappa shape index (κ2) is 7.81. The summed E-state index contributed by atoms with van der Waals surface area (Å²) in [5.74, 6) is 0.0121. The first kappa shape index (κ1) is 13.7. The van der Waals surface area contributed by atoms with Crippen molar-refractivity contribution in [1.82, 2.24) is 4.90 Å². The number of benzene rings is 1. The summed E-state index contributed by atoms with van der Waals surface area (Å²) in [6.45, 7) is 4.74. The topological polar surface area (TPSA) is 58.4 Å². The van der Waals surface area contributed by atoms with Crippen LogP contribution < -0.4 is 11.1 Å². The molecule has 0 heterocycles. The Morgan fingerprint density at radius 2 is 2.00 bits per heavy atom. The summed E-state index contributed by atoms with van der Waals surface area (Å²) in [7, 11) is 0. The number of rotatable bonds is 7. The van der Waals surface area contributed by atoms with Crippen molar-refractivity contribution in [2.24, 2.45) is 5.73 Å². The molecule has 0 saturated heterocycles. The van der Waals surface area contributed by atoms with Crippen molar-refractivity contribution < 1.29 is 4.79 Å². The molecule has 0 saturated carbocycles. The molecular weight excluding hydrogens is 214 g/mol. The number of carbonyl (C=O) groups excluding carboxylic acids is 1. The second-order valence-electron chi connectivity index (χ2n) is 3.98. The molecule has 3 N–H and O–H groups in total. The fourth-order valence-corrected chi connectivity index (χ4v) is 1.69. The van der Waals surface area contributed by atoms with E-state index in [1.165, 1.54) is 0 Å². The number of para-hydroxylation sites is 1. The number of nitrogens with zero attached hydrogens (tertiary/aromatic N) is 1. The van der Waals surface area contributed by atoms with Gasteiger partial charge in [-0.15, -0.1) is 0 Å². The molecule has 0 radical (unpaired) electrons. The summed E-state index contributed by atoms with van der Waals surface area (Å²) in [6, 6.07) is 9.49. The van der Waals surface area contributed by atoms with Gasteiger partial charge in [-0.1, -0.05) is 25.1 Å². The van der Waals surface area contributed by atoms with Gasteiger partial charge in [0, 0.05) is 18.8 Å². The number of carbonyl (C=O) groups is 1. The van der Waals surface area contributed by atoms with Crippen LogP contribution in [0, 0.1) is 0 Å². The summed E-state index contributed by atoms with van der Waals surface area (Å²) in [5, 5.41) is 2.87. The highest BCUT2D eigenvalue weighted by molar-refractivity contribution is 5.92. The summed E-state index contributed by atoms with van der Waals surface area (Å²) in [6.07, 6.45) is 1.03. The van der Waals surface area contributed by atoms with Crippen LogP contribution in [0.5, 0.6) is 0 Å². The Morgan fingerprint density at radius 3 is 2.59 bits per heavy atom. The molecule has 1 aromatic carbocycles. The van der Waals surface area contributed by atoms with Gasteiger partial charge in [-0.05, 0) is 25.1 Å². The molecule has 1 aromatic rings. The molecule has 4 nitrogen and oxygen atoms in total. The van der Waals surface area contributed by atoms with Gasteiger partial charge in [-0.25, -0.2) is 0 Å². The van der Waals surface area contributed by atoms with Gasteiger partial charge in [0.25, 0.3) is 0 Å². The Balaban J connectivity index is 2.42. The molecule has 1 amide bonds. The first-order valence-corrected chi connectivity index (χ1v) is 6.03. The lowest BCUT2D eigenvalue weighted by atomic mass is 10.3. The van der Waals surface area contributed by atoms with Gasteiger partial charge in [0.05, 0.1) is 6.54 Å². The summed E-state index contributed by atoms with van der Waals surface area (Å²) in [5.41, 5.74) is 6.35. The fourth-order valence-electron chi connectivity index (χ4n) is 1.69. The smallest absolute Gasteiger partial charge is 0.238 e. The van der Waals surface area contributed by atoms with E-state index >= 15 is 0 Å². The quantitative estimate of drug-likeness (QED) is 0.749. The van der Waals surface area contributed by atoms with Crippen molar-refractivity contribution in [3.05, 3.63) is 30.3 Å². The van der Waals surface area contributed by atoms with Crippen molar-refractivity contribution in [3.8, 4) is 0 Å². The van der Waals surface area contributed by atoms with Crippen LogP contribution in [0.1, 0.15) is 13.3 Å². The van der Waals surface area contributed by atoms with E-state index in [-0.39, 0.29) is 5.91 Å². The number of nitrogens with one attached hydrogen (secondary N) is 1. The molecule has 1 rings (SSSR count). The highest BCUT2D eigenvalue weighted by Crippen LogP contribution is 2.04. The molecular formula is C13H21N3O. The Labute approximate surface area is 103 Å². The highest BCUT2D eigenvalue weighted by atomic mass is 16.2. The average Bonchev–Trinajstić information content (AvgIpc) is 2.30. The molecule has 0 spiro atoms. The van der Waals surface area contributed by atoms with Crippen LogP contribution in [-0.2, 0) is 4.79 Å². The molecule has 0 bridgehead atoms. The molecule has 0 aliphatic rings. The molecule has 17 heavy (non-hydrogen) atoms. The Morgan fingerprint density at radius 1 is 1.29 bits per heavy atom. The zero-order valence-corrected chi connectivity index (χ0v) is 10.4. The minimum Gasteiger partial charge on any atom is -0.329 e. The number of amides is 1. The number of hydrogen-bond acceptors (Lipinski definition) is 3. The molecule has 0 aliphatic heterocycles. The zero-order chi connectivity index (χ0) is 12.5. The van der Waals surface area contributed by atoms with E-state index in [1.54, 1.807) is 0 Å². The van der Waals surface area contributed by atoms with Crippen LogP contribution in [0.2, 0.25) is 0 Å². The summed E-state index contributed by atoms with van der Waals surface area (Å²) < 4.78 is 0. The van der Waals surface area contributed by atoms with Crippen molar-refractivity contribution in [2.45, 2.75) is 13.3 Å². The zero-order valence-electron chi connectivity index (χ0n) is 10.4. The Hall–Kier alpha value is -1.39. The van der Waals surface area contributed by atoms with Gasteiger partial charge in [-0.3, -0.25) is 9.69 Å². The second-order valence-corrected chi connectivity index (χ2v) is 3.98. The van der Waals surface area contributed by atoms with E-state index in [4.69, 9.17) is 5.73 Å². The average molecular weight is 235 g/mol. The summed E-state index contributed by atoms with van der Waals surface area (Å²) in [4.78, 5) is 13.8. The molecule has 0 unspecified atom stereocenters. The van der Waals surface area contributed by atoms with Crippen LogP contribution in [-0.4, -0.2) is 37.0 Å². The van der Waals surface area contributed by atoms with Gasteiger partial charge in [0.15, 0.2) is 0 Å². The number of nitrogens with two attached hydrogens (primary N) is 1. The van der Waals surface area contributed by atoms with E-state index in [1.807, 2.05) is 30.3 Å². The maximum absolute atomic E-state index is 11.8. The first-order chi connectivity index (χ1) is 8.26. The van der Waals surface area contributed by atoms with Crippen molar-refractivity contribution in [2.75, 3.05) is 31.5 Å². The predicted molar refractivity (Wildman–Crippen MR) is 70.9 cm³/mol. The summed E-state index contributed by atoms with van der Waals surface area (Å²) >= 11 is 0. The lowest BCUT2D eigenvalue weighted by Crippen LogP contribution is -2.37. The Kier molecular flexibility index (Phi) is 6.29. The third kappa shape index (κ3) is 5.47. The van der Waals surface area contributed by atoms with E-state index in [0.717, 1.165) is 25.2 Å². The molecule has 94 valence electrons. The van der Waals surface area contributed by atoms with Gasteiger partial charge in [-0.2, -0.15) is 0 Å². The van der Waals surface area contributed by atoms with Crippen LogP contribution in [0.3, 0.4) is 0 Å². The first-order valence-electron chi connectivity index (χ1n) is 6.03. The maximum Gasteiger partial charge on any atom is 0.238 e. The van der Waals surface area contributed by atoms with E-state index in [0.29, 0.717) is 13.1 Å². The van der Waals surface area contributed by atoms with E-state index < -0.39 is 0 Å². The van der Waals surface area contributed by atoms with Gasteiger partial charge < -0.3 is 11.1 Å². The highest BCUT2D eigenvalue weighted by Gasteiger charge is 2.08. The van der Waals surface area contributed by atoms with Gasteiger partial charge in [0.1, 0.15) is 0 Å². The number of hydrogen-bond donors (Lipinski definition) is 2. The SMILES string of the molecule is CCCN(CCN)CC(=O)Nc1ccccc1. The third-order valence-electron chi connectivity index (χ3n) is 2.41. The lowest BCUT2D eigenvalue weighted by molar-refractivity contribution is -0.117. The van der Waals surface area contributed by atoms with Gasteiger partial charge in [0.2, 0.25) is 5.91 Å². The Bertz CT molecular complexity index is 321. The van der Waals surface area contributed by atoms with Crippen molar-refractivity contribution in [1.29, 1.82) is 0 Å². The largest absolute Gasteiger partial charge is 0.329 e.